The molecule has 1 N–H and O–H groups in total. The molecule has 0 saturated heterocycles. The van der Waals surface area contributed by atoms with E-state index in [0.717, 1.165) is 11.1 Å². The summed E-state index contributed by atoms with van der Waals surface area (Å²) in [5.41, 5.74) is 6.08. The normalized spacial score (nSPS) is 12.8. The highest BCUT2D eigenvalue weighted by Crippen LogP contribution is 2.28. The van der Waals surface area contributed by atoms with Crippen LogP contribution >= 0.6 is 0 Å². The minimum absolute atomic E-state index is 0.122. The molecule has 1 atom stereocenters. The van der Waals surface area contributed by atoms with Crippen molar-refractivity contribution in [3.05, 3.63) is 65.2 Å². The Hall–Kier alpha value is -2.20. The first-order chi connectivity index (χ1) is 9.72. The Bertz CT molecular complexity index is 745. The first kappa shape index (κ1) is 12.8. The Morgan fingerprint density at radius 3 is 2.80 bits per heavy atom. The fourth-order valence-corrected chi connectivity index (χ4v) is 2.64. The number of aromatic nitrogens is 3. The van der Waals surface area contributed by atoms with Gasteiger partial charge < -0.3 is 5.32 Å². The van der Waals surface area contributed by atoms with Crippen molar-refractivity contribution in [2.45, 2.75) is 19.9 Å². The number of rotatable bonds is 3. The molecule has 2 heterocycles. The molecule has 0 aliphatic carbocycles. The van der Waals surface area contributed by atoms with Gasteiger partial charge in [-0.1, -0.05) is 18.2 Å². The molecule has 3 rings (SSSR count). The quantitative estimate of drug-likeness (QED) is 0.792. The fourth-order valence-electron chi connectivity index (χ4n) is 2.64. The van der Waals surface area contributed by atoms with Crippen LogP contribution in [-0.2, 0) is 0 Å². The first-order valence-electron chi connectivity index (χ1n) is 6.73. The Morgan fingerprint density at radius 1 is 1.15 bits per heavy atom. The molecule has 102 valence electrons. The molecule has 1 unspecified atom stereocenters. The van der Waals surface area contributed by atoms with Crippen LogP contribution in [-0.4, -0.2) is 21.6 Å². The van der Waals surface area contributed by atoms with E-state index in [1.165, 1.54) is 16.7 Å². The lowest BCUT2D eigenvalue weighted by atomic mass is 9.93. The Morgan fingerprint density at radius 2 is 2.00 bits per heavy atom. The third-order valence-corrected chi connectivity index (χ3v) is 3.91. The smallest absolute Gasteiger partial charge is 0.0896 e. The van der Waals surface area contributed by atoms with Crippen LogP contribution in [0.4, 0.5) is 0 Å². The van der Waals surface area contributed by atoms with Crippen LogP contribution in [0.2, 0.25) is 0 Å². The average molecular weight is 266 g/mol. The number of fused-ring (bicyclic) bond motifs is 1. The lowest BCUT2D eigenvalue weighted by molar-refractivity contribution is 0.691. The maximum absolute atomic E-state index is 4.40. The SMILES string of the molecule is CNC(c1cccc(C)c1C)c1cnn2ccncc12. The second kappa shape index (κ2) is 5.06. The van der Waals surface area contributed by atoms with Gasteiger partial charge in [0.2, 0.25) is 0 Å². The van der Waals surface area contributed by atoms with Crippen molar-refractivity contribution in [3.8, 4) is 0 Å². The zero-order valence-electron chi connectivity index (χ0n) is 12.0. The zero-order valence-corrected chi connectivity index (χ0v) is 12.0. The molecule has 0 fully saturated rings. The van der Waals surface area contributed by atoms with Gasteiger partial charge in [-0.15, -0.1) is 0 Å². The molecule has 0 radical (unpaired) electrons. The van der Waals surface area contributed by atoms with Gasteiger partial charge in [0.05, 0.1) is 24.0 Å². The number of hydrogen-bond acceptors (Lipinski definition) is 3. The fraction of sp³-hybridized carbons (Fsp3) is 0.250. The highest BCUT2D eigenvalue weighted by Gasteiger charge is 2.19. The predicted octanol–water partition coefficient (Wildman–Crippen LogP) is 2.65. The highest BCUT2D eigenvalue weighted by molar-refractivity contribution is 5.56. The van der Waals surface area contributed by atoms with Crippen LogP contribution in [0.15, 0.2) is 43.0 Å². The second-order valence-corrected chi connectivity index (χ2v) is 5.02. The van der Waals surface area contributed by atoms with E-state index in [2.05, 4.69) is 47.4 Å². The molecule has 20 heavy (non-hydrogen) atoms. The van der Waals surface area contributed by atoms with E-state index in [1.54, 1.807) is 6.20 Å². The predicted molar refractivity (Wildman–Crippen MR) is 79.8 cm³/mol. The standard InChI is InChI=1S/C16H18N4/c1-11-5-4-6-13(12(11)2)16(17-3)14-9-19-20-8-7-18-10-15(14)20/h4-10,16-17H,1-3H3. The number of aryl methyl sites for hydroxylation is 1. The van der Waals surface area contributed by atoms with Crippen molar-refractivity contribution >= 4 is 5.52 Å². The summed E-state index contributed by atoms with van der Waals surface area (Å²) < 4.78 is 1.86. The number of benzene rings is 1. The van der Waals surface area contributed by atoms with Gasteiger partial charge in [-0.05, 0) is 37.6 Å². The molecule has 2 aromatic heterocycles. The van der Waals surface area contributed by atoms with E-state index in [4.69, 9.17) is 0 Å². The summed E-state index contributed by atoms with van der Waals surface area (Å²) in [6.07, 6.45) is 7.39. The van der Waals surface area contributed by atoms with Crippen molar-refractivity contribution < 1.29 is 0 Å². The van der Waals surface area contributed by atoms with Crippen LogP contribution in [0.25, 0.3) is 5.52 Å². The lowest BCUT2D eigenvalue weighted by Crippen LogP contribution is -2.18. The molecule has 1 aromatic carbocycles. The molecule has 3 aromatic rings. The molecular weight excluding hydrogens is 248 g/mol. The summed E-state index contributed by atoms with van der Waals surface area (Å²) in [4.78, 5) is 4.21. The minimum Gasteiger partial charge on any atom is -0.309 e. The number of nitrogens with zero attached hydrogens (tertiary/aromatic N) is 3. The monoisotopic (exact) mass is 266 g/mol. The van der Waals surface area contributed by atoms with E-state index >= 15 is 0 Å². The molecule has 0 amide bonds. The highest BCUT2D eigenvalue weighted by atomic mass is 15.2. The van der Waals surface area contributed by atoms with Crippen molar-refractivity contribution in [3.63, 3.8) is 0 Å². The molecule has 0 bridgehead atoms. The maximum atomic E-state index is 4.40. The largest absolute Gasteiger partial charge is 0.309 e. The van der Waals surface area contributed by atoms with Crippen LogP contribution < -0.4 is 5.32 Å². The molecular formula is C16H18N4. The van der Waals surface area contributed by atoms with Crippen LogP contribution in [0, 0.1) is 13.8 Å². The topological polar surface area (TPSA) is 42.2 Å². The molecule has 0 saturated carbocycles. The van der Waals surface area contributed by atoms with Gasteiger partial charge in [-0.2, -0.15) is 5.10 Å². The summed E-state index contributed by atoms with van der Waals surface area (Å²) in [5, 5.41) is 7.80. The van der Waals surface area contributed by atoms with Crippen molar-refractivity contribution in [2.24, 2.45) is 0 Å². The van der Waals surface area contributed by atoms with Crippen LogP contribution in [0.1, 0.15) is 28.3 Å². The van der Waals surface area contributed by atoms with Gasteiger partial charge in [0.15, 0.2) is 0 Å². The summed E-state index contributed by atoms with van der Waals surface area (Å²) >= 11 is 0. The summed E-state index contributed by atoms with van der Waals surface area (Å²) in [6.45, 7) is 4.31. The Kier molecular flexibility index (Phi) is 3.24. The average Bonchev–Trinajstić information content (AvgIpc) is 2.88. The van der Waals surface area contributed by atoms with Crippen molar-refractivity contribution in [1.29, 1.82) is 0 Å². The summed E-state index contributed by atoms with van der Waals surface area (Å²) in [7, 11) is 1.98. The molecule has 0 aliphatic heterocycles. The zero-order chi connectivity index (χ0) is 14.1. The van der Waals surface area contributed by atoms with Gasteiger partial charge in [-0.3, -0.25) is 4.98 Å². The lowest BCUT2D eigenvalue weighted by Gasteiger charge is -2.19. The molecule has 0 aliphatic rings. The number of hydrogen-bond donors (Lipinski definition) is 1. The molecule has 4 heteroatoms. The van der Waals surface area contributed by atoms with E-state index in [1.807, 2.05) is 30.2 Å². The third kappa shape index (κ3) is 1.98. The molecule has 4 nitrogen and oxygen atoms in total. The van der Waals surface area contributed by atoms with Gasteiger partial charge in [0.1, 0.15) is 0 Å². The van der Waals surface area contributed by atoms with Crippen LogP contribution in [0.3, 0.4) is 0 Å². The van der Waals surface area contributed by atoms with Gasteiger partial charge in [-0.25, -0.2) is 4.52 Å². The molecule has 0 spiro atoms. The first-order valence-corrected chi connectivity index (χ1v) is 6.73. The van der Waals surface area contributed by atoms with Gasteiger partial charge in [0.25, 0.3) is 0 Å². The Balaban J connectivity index is 2.17. The third-order valence-electron chi connectivity index (χ3n) is 3.91. The summed E-state index contributed by atoms with van der Waals surface area (Å²) in [6, 6.07) is 6.54. The van der Waals surface area contributed by atoms with Crippen molar-refractivity contribution in [1.82, 2.24) is 19.9 Å². The maximum Gasteiger partial charge on any atom is 0.0896 e. The Labute approximate surface area is 118 Å². The number of nitrogens with one attached hydrogen (secondary N) is 1. The van der Waals surface area contributed by atoms with Crippen LogP contribution in [0.5, 0.6) is 0 Å². The summed E-state index contributed by atoms with van der Waals surface area (Å²) in [5.74, 6) is 0. The van der Waals surface area contributed by atoms with Gasteiger partial charge in [0, 0.05) is 18.0 Å². The van der Waals surface area contributed by atoms with Gasteiger partial charge >= 0.3 is 0 Å². The second-order valence-electron chi connectivity index (χ2n) is 5.02. The minimum atomic E-state index is 0.122. The van der Waals surface area contributed by atoms with E-state index in [0.29, 0.717) is 0 Å². The van der Waals surface area contributed by atoms with E-state index in [9.17, 15) is 0 Å². The van der Waals surface area contributed by atoms with E-state index in [-0.39, 0.29) is 6.04 Å². The van der Waals surface area contributed by atoms with E-state index < -0.39 is 0 Å². The van der Waals surface area contributed by atoms with Crippen molar-refractivity contribution in [2.75, 3.05) is 7.05 Å².